The van der Waals surface area contributed by atoms with Gasteiger partial charge in [0.2, 0.25) is 0 Å². The van der Waals surface area contributed by atoms with Gasteiger partial charge in [-0.25, -0.2) is 0 Å². The molecule has 2 aromatic carbocycles. The molecule has 0 aliphatic rings. The van der Waals surface area contributed by atoms with Gasteiger partial charge in [-0.1, -0.05) is 38.1 Å². The summed E-state index contributed by atoms with van der Waals surface area (Å²) in [6.07, 6.45) is 1.50. The molecule has 2 aromatic rings. The van der Waals surface area contributed by atoms with Gasteiger partial charge in [0.25, 0.3) is 5.91 Å². The fourth-order valence-corrected chi connectivity index (χ4v) is 2.57. The molecule has 0 radical (unpaired) electrons. The molecule has 4 heteroatoms. The van der Waals surface area contributed by atoms with E-state index < -0.39 is 5.60 Å². The van der Waals surface area contributed by atoms with E-state index in [0.29, 0.717) is 19.6 Å². The van der Waals surface area contributed by atoms with Crippen molar-refractivity contribution >= 4 is 22.4 Å². The van der Waals surface area contributed by atoms with Crippen molar-refractivity contribution in [2.45, 2.75) is 46.1 Å². The Morgan fingerprint density at radius 1 is 1.08 bits per heavy atom. The summed E-state index contributed by atoms with van der Waals surface area (Å²) >= 11 is 0. The van der Waals surface area contributed by atoms with E-state index in [1.807, 2.05) is 64.1 Å². The smallest absolute Gasteiger partial charge is 0.256 e. The summed E-state index contributed by atoms with van der Waals surface area (Å²) in [5, 5.41) is 4.99. The predicted molar refractivity (Wildman–Crippen MR) is 98.7 cm³/mol. The number of amides is 1. The van der Waals surface area contributed by atoms with Gasteiger partial charge in [-0.3, -0.25) is 4.79 Å². The zero-order valence-electron chi connectivity index (χ0n) is 15.0. The average Bonchev–Trinajstić information content (AvgIpc) is 2.61. The maximum absolute atomic E-state index is 12.8. The molecule has 0 spiro atoms. The van der Waals surface area contributed by atoms with Gasteiger partial charge in [0.15, 0.2) is 0 Å². The normalized spacial score (nSPS) is 13.5. The molecule has 1 amide bonds. The van der Waals surface area contributed by atoms with Crippen molar-refractivity contribution in [1.82, 2.24) is 0 Å². The molecule has 0 bridgehead atoms. The lowest BCUT2D eigenvalue weighted by atomic mass is 10.0. The SMILES string of the molecule is CCCO[C@](C)(CC)C(=O)Nc1ccc(OCC)c2ccccc12. The number of hydrogen-bond donors (Lipinski definition) is 1. The van der Waals surface area contributed by atoms with Crippen LogP contribution in [0.5, 0.6) is 5.75 Å². The minimum absolute atomic E-state index is 0.118. The van der Waals surface area contributed by atoms with Gasteiger partial charge in [-0.15, -0.1) is 0 Å². The highest BCUT2D eigenvalue weighted by atomic mass is 16.5. The van der Waals surface area contributed by atoms with Crippen molar-refractivity contribution in [3.63, 3.8) is 0 Å². The van der Waals surface area contributed by atoms with Gasteiger partial charge in [0.05, 0.1) is 6.61 Å². The Morgan fingerprint density at radius 2 is 1.79 bits per heavy atom. The third-order valence-corrected chi connectivity index (χ3v) is 4.21. The van der Waals surface area contributed by atoms with Crippen LogP contribution in [0.2, 0.25) is 0 Å². The van der Waals surface area contributed by atoms with E-state index >= 15 is 0 Å². The van der Waals surface area contributed by atoms with E-state index in [2.05, 4.69) is 5.32 Å². The summed E-state index contributed by atoms with van der Waals surface area (Å²) in [6.45, 7) is 8.98. The number of ether oxygens (including phenoxy) is 2. The fourth-order valence-electron chi connectivity index (χ4n) is 2.57. The number of nitrogens with one attached hydrogen (secondary N) is 1. The van der Waals surface area contributed by atoms with E-state index in [1.165, 1.54) is 0 Å². The Hall–Kier alpha value is -2.07. The Kier molecular flexibility index (Phi) is 6.21. The lowest BCUT2D eigenvalue weighted by Crippen LogP contribution is -2.42. The molecule has 130 valence electrons. The van der Waals surface area contributed by atoms with Gasteiger partial charge >= 0.3 is 0 Å². The van der Waals surface area contributed by atoms with Crippen LogP contribution >= 0.6 is 0 Å². The minimum Gasteiger partial charge on any atom is -0.493 e. The van der Waals surface area contributed by atoms with Crippen molar-refractivity contribution in [2.75, 3.05) is 18.5 Å². The van der Waals surface area contributed by atoms with Crippen LogP contribution in [0.4, 0.5) is 5.69 Å². The van der Waals surface area contributed by atoms with Crippen LogP contribution in [0, 0.1) is 0 Å². The molecule has 4 nitrogen and oxygen atoms in total. The summed E-state index contributed by atoms with van der Waals surface area (Å²) in [5.41, 5.74) is -0.0470. The number of benzene rings is 2. The number of carbonyl (C=O) groups excluding carboxylic acids is 1. The third kappa shape index (κ3) is 3.88. The van der Waals surface area contributed by atoms with Crippen molar-refractivity contribution in [3.8, 4) is 5.75 Å². The summed E-state index contributed by atoms with van der Waals surface area (Å²) < 4.78 is 11.5. The zero-order chi connectivity index (χ0) is 17.6. The van der Waals surface area contributed by atoms with E-state index in [0.717, 1.165) is 28.6 Å². The van der Waals surface area contributed by atoms with E-state index in [9.17, 15) is 4.79 Å². The number of hydrogen-bond acceptors (Lipinski definition) is 3. The van der Waals surface area contributed by atoms with Crippen molar-refractivity contribution < 1.29 is 14.3 Å². The largest absolute Gasteiger partial charge is 0.493 e. The number of fused-ring (bicyclic) bond motifs is 1. The van der Waals surface area contributed by atoms with E-state index in [-0.39, 0.29) is 5.91 Å². The standard InChI is InChI=1S/C20H27NO3/c1-5-14-24-20(4,6-2)19(22)21-17-12-13-18(23-7-3)16-11-9-8-10-15(16)17/h8-13H,5-7,14H2,1-4H3,(H,21,22)/t20-/m1/s1. The maximum atomic E-state index is 12.8. The molecule has 2 rings (SSSR count). The molecule has 0 aliphatic heterocycles. The third-order valence-electron chi connectivity index (χ3n) is 4.21. The molecular weight excluding hydrogens is 302 g/mol. The summed E-state index contributed by atoms with van der Waals surface area (Å²) in [5.74, 6) is 0.708. The molecule has 0 unspecified atom stereocenters. The van der Waals surface area contributed by atoms with Crippen LogP contribution in [0.15, 0.2) is 36.4 Å². The van der Waals surface area contributed by atoms with Gasteiger partial charge < -0.3 is 14.8 Å². The highest BCUT2D eigenvalue weighted by Crippen LogP contribution is 2.32. The molecule has 0 aliphatic carbocycles. The summed E-state index contributed by atoms with van der Waals surface area (Å²) in [7, 11) is 0. The van der Waals surface area contributed by atoms with Crippen LogP contribution in [-0.2, 0) is 9.53 Å². The monoisotopic (exact) mass is 329 g/mol. The lowest BCUT2D eigenvalue weighted by molar-refractivity contribution is -0.139. The Balaban J connectivity index is 2.33. The summed E-state index contributed by atoms with van der Waals surface area (Å²) in [4.78, 5) is 12.8. The number of carbonyl (C=O) groups is 1. The molecule has 0 heterocycles. The predicted octanol–water partition coefficient (Wildman–Crippen LogP) is 4.77. The highest BCUT2D eigenvalue weighted by molar-refractivity contribution is 6.06. The summed E-state index contributed by atoms with van der Waals surface area (Å²) in [6, 6.07) is 11.7. The molecule has 0 saturated heterocycles. The first-order valence-corrected chi connectivity index (χ1v) is 8.65. The van der Waals surface area contributed by atoms with E-state index in [1.54, 1.807) is 0 Å². The second kappa shape index (κ2) is 8.15. The zero-order valence-corrected chi connectivity index (χ0v) is 15.0. The second-order valence-corrected chi connectivity index (χ2v) is 5.98. The molecule has 24 heavy (non-hydrogen) atoms. The quantitative estimate of drug-likeness (QED) is 0.758. The fraction of sp³-hybridized carbons (Fsp3) is 0.450. The van der Waals surface area contributed by atoms with Gasteiger partial charge in [0, 0.05) is 23.1 Å². The average molecular weight is 329 g/mol. The second-order valence-electron chi connectivity index (χ2n) is 5.98. The Bertz CT molecular complexity index is 698. The Morgan fingerprint density at radius 3 is 2.42 bits per heavy atom. The maximum Gasteiger partial charge on any atom is 0.256 e. The van der Waals surface area contributed by atoms with Crippen LogP contribution in [0.25, 0.3) is 10.8 Å². The van der Waals surface area contributed by atoms with Gasteiger partial charge in [0.1, 0.15) is 11.4 Å². The van der Waals surface area contributed by atoms with Crippen molar-refractivity contribution in [1.29, 1.82) is 0 Å². The van der Waals surface area contributed by atoms with Crippen LogP contribution < -0.4 is 10.1 Å². The molecule has 1 N–H and O–H groups in total. The first-order chi connectivity index (χ1) is 11.6. The van der Waals surface area contributed by atoms with Crippen LogP contribution in [0.3, 0.4) is 0 Å². The van der Waals surface area contributed by atoms with Crippen LogP contribution in [0.1, 0.15) is 40.5 Å². The van der Waals surface area contributed by atoms with Crippen LogP contribution in [-0.4, -0.2) is 24.7 Å². The first-order valence-electron chi connectivity index (χ1n) is 8.65. The molecular formula is C20H27NO3. The lowest BCUT2D eigenvalue weighted by Gasteiger charge is -2.27. The Labute approximate surface area is 144 Å². The minimum atomic E-state index is -0.824. The molecule has 0 aromatic heterocycles. The number of rotatable bonds is 8. The number of anilines is 1. The van der Waals surface area contributed by atoms with Crippen molar-refractivity contribution in [2.24, 2.45) is 0 Å². The molecule has 0 fully saturated rings. The van der Waals surface area contributed by atoms with Gasteiger partial charge in [-0.05, 0) is 38.8 Å². The van der Waals surface area contributed by atoms with E-state index in [4.69, 9.17) is 9.47 Å². The first kappa shape index (κ1) is 18.3. The topological polar surface area (TPSA) is 47.6 Å². The molecule has 0 saturated carbocycles. The highest BCUT2D eigenvalue weighted by Gasteiger charge is 2.32. The van der Waals surface area contributed by atoms with Crippen molar-refractivity contribution in [3.05, 3.63) is 36.4 Å². The molecule has 1 atom stereocenters. The van der Waals surface area contributed by atoms with Gasteiger partial charge in [-0.2, -0.15) is 0 Å².